The smallest absolute Gasteiger partial charge is 0.0579 e. The predicted octanol–water partition coefficient (Wildman–Crippen LogP) is 5.75. The lowest BCUT2D eigenvalue weighted by molar-refractivity contribution is 0.905. The fraction of sp³-hybridized carbons (Fsp3) is 0.231. The highest BCUT2D eigenvalue weighted by molar-refractivity contribution is 9.11. The van der Waals surface area contributed by atoms with Crippen LogP contribution in [0.5, 0.6) is 0 Å². The van der Waals surface area contributed by atoms with Crippen LogP contribution in [0.3, 0.4) is 0 Å². The van der Waals surface area contributed by atoms with Crippen molar-refractivity contribution in [1.82, 2.24) is 0 Å². The van der Waals surface area contributed by atoms with Gasteiger partial charge in [0.2, 0.25) is 0 Å². The third kappa shape index (κ3) is 3.12. The molecule has 90 valence electrons. The molecule has 0 bridgehead atoms. The van der Waals surface area contributed by atoms with Crippen LogP contribution in [0.1, 0.15) is 23.4 Å². The van der Waals surface area contributed by atoms with Gasteiger partial charge in [-0.25, -0.2) is 0 Å². The molecule has 0 saturated carbocycles. The molecule has 17 heavy (non-hydrogen) atoms. The standard InChI is InChI=1S/C13H13Br2NS/c1-8-4-3-5-11(13(8)15)16-9(2)12-6-10(14)7-17-12/h3-7,9,16H,1-2H3. The molecule has 0 fully saturated rings. The molecule has 4 heteroatoms. The predicted molar refractivity (Wildman–Crippen MR) is 82.9 cm³/mol. The molecule has 0 saturated heterocycles. The van der Waals surface area contributed by atoms with Crippen molar-refractivity contribution in [2.45, 2.75) is 19.9 Å². The number of nitrogens with one attached hydrogen (secondary N) is 1. The Hall–Kier alpha value is -0.320. The normalized spacial score (nSPS) is 12.5. The van der Waals surface area contributed by atoms with Crippen molar-refractivity contribution in [3.8, 4) is 0 Å². The van der Waals surface area contributed by atoms with E-state index in [9.17, 15) is 0 Å². The summed E-state index contributed by atoms with van der Waals surface area (Å²) in [6.07, 6.45) is 0. The molecule has 0 aliphatic carbocycles. The molecule has 2 rings (SSSR count). The van der Waals surface area contributed by atoms with E-state index in [-0.39, 0.29) is 0 Å². The lowest BCUT2D eigenvalue weighted by atomic mass is 10.2. The fourth-order valence-corrected chi connectivity index (χ4v) is 3.45. The minimum atomic E-state index is 0.310. The monoisotopic (exact) mass is 373 g/mol. The number of benzene rings is 1. The first-order valence-electron chi connectivity index (χ1n) is 5.33. The van der Waals surface area contributed by atoms with Crippen molar-refractivity contribution >= 4 is 48.9 Å². The van der Waals surface area contributed by atoms with Gasteiger partial charge < -0.3 is 5.32 Å². The first kappa shape index (κ1) is 13.1. The highest BCUT2D eigenvalue weighted by Gasteiger charge is 2.10. The van der Waals surface area contributed by atoms with Gasteiger partial charge in [0.05, 0.1) is 6.04 Å². The second-order valence-electron chi connectivity index (χ2n) is 3.97. The van der Waals surface area contributed by atoms with Crippen molar-refractivity contribution < 1.29 is 0 Å². The average Bonchev–Trinajstić information content (AvgIpc) is 2.72. The van der Waals surface area contributed by atoms with E-state index < -0.39 is 0 Å². The van der Waals surface area contributed by atoms with Crippen molar-refractivity contribution in [2.75, 3.05) is 5.32 Å². The van der Waals surface area contributed by atoms with E-state index in [2.05, 4.69) is 80.7 Å². The number of aryl methyl sites for hydroxylation is 1. The van der Waals surface area contributed by atoms with Gasteiger partial charge in [0.1, 0.15) is 0 Å². The van der Waals surface area contributed by atoms with Crippen LogP contribution in [-0.4, -0.2) is 0 Å². The largest absolute Gasteiger partial charge is 0.377 e. The second kappa shape index (κ2) is 5.55. The molecular weight excluding hydrogens is 362 g/mol. The van der Waals surface area contributed by atoms with E-state index in [1.807, 2.05) is 0 Å². The van der Waals surface area contributed by atoms with Crippen LogP contribution in [0.25, 0.3) is 0 Å². The summed E-state index contributed by atoms with van der Waals surface area (Å²) in [4.78, 5) is 1.32. The van der Waals surface area contributed by atoms with E-state index in [1.165, 1.54) is 10.4 Å². The lowest BCUT2D eigenvalue weighted by Gasteiger charge is -2.16. The molecule has 1 heterocycles. The lowest BCUT2D eigenvalue weighted by Crippen LogP contribution is -2.05. The molecule has 1 atom stereocenters. The summed E-state index contributed by atoms with van der Waals surface area (Å²) >= 11 is 8.87. The maximum absolute atomic E-state index is 3.62. The van der Waals surface area contributed by atoms with Gasteiger partial charge in [0.15, 0.2) is 0 Å². The summed E-state index contributed by atoms with van der Waals surface area (Å²) in [7, 11) is 0. The van der Waals surface area contributed by atoms with Gasteiger partial charge in [-0.1, -0.05) is 12.1 Å². The summed E-state index contributed by atoms with van der Waals surface area (Å²) in [5.74, 6) is 0. The van der Waals surface area contributed by atoms with E-state index in [0.29, 0.717) is 6.04 Å². The third-order valence-electron chi connectivity index (χ3n) is 2.58. The minimum Gasteiger partial charge on any atom is -0.377 e. The molecule has 0 aliphatic heterocycles. The topological polar surface area (TPSA) is 12.0 Å². The molecule has 0 aliphatic rings. The summed E-state index contributed by atoms with van der Waals surface area (Å²) < 4.78 is 2.29. The Labute approximate surface area is 123 Å². The van der Waals surface area contributed by atoms with Crippen molar-refractivity contribution in [3.63, 3.8) is 0 Å². The molecule has 0 spiro atoms. The van der Waals surface area contributed by atoms with E-state index in [0.717, 1.165) is 14.6 Å². The van der Waals surface area contributed by atoms with Gasteiger partial charge in [-0.05, 0) is 63.4 Å². The zero-order valence-corrected chi connectivity index (χ0v) is 13.6. The summed E-state index contributed by atoms with van der Waals surface area (Å²) in [6.45, 7) is 4.27. The van der Waals surface area contributed by atoms with Crippen molar-refractivity contribution in [1.29, 1.82) is 0 Å². The first-order valence-corrected chi connectivity index (χ1v) is 7.80. The highest BCUT2D eigenvalue weighted by atomic mass is 79.9. The number of rotatable bonds is 3. The van der Waals surface area contributed by atoms with Gasteiger partial charge in [-0.2, -0.15) is 0 Å². The average molecular weight is 375 g/mol. The summed E-state index contributed by atoms with van der Waals surface area (Å²) in [5.41, 5.74) is 2.39. The Kier molecular flexibility index (Phi) is 4.28. The Bertz CT molecular complexity index is 522. The Balaban J connectivity index is 2.18. The molecular formula is C13H13Br2NS. The maximum Gasteiger partial charge on any atom is 0.0579 e. The van der Waals surface area contributed by atoms with Crippen molar-refractivity contribution in [2.24, 2.45) is 0 Å². The highest BCUT2D eigenvalue weighted by Crippen LogP contribution is 2.31. The van der Waals surface area contributed by atoms with Crippen LogP contribution >= 0.6 is 43.2 Å². The molecule has 1 aromatic carbocycles. The molecule has 1 N–H and O–H groups in total. The van der Waals surface area contributed by atoms with Gasteiger partial charge in [-0.15, -0.1) is 11.3 Å². The zero-order chi connectivity index (χ0) is 12.4. The number of anilines is 1. The number of hydrogen-bond donors (Lipinski definition) is 1. The SMILES string of the molecule is Cc1cccc(NC(C)c2cc(Br)cs2)c1Br. The van der Waals surface area contributed by atoms with Crippen molar-refractivity contribution in [3.05, 3.63) is 49.0 Å². The van der Waals surface area contributed by atoms with Crippen LogP contribution in [0.15, 0.2) is 38.6 Å². The second-order valence-corrected chi connectivity index (χ2v) is 6.62. The van der Waals surface area contributed by atoms with Gasteiger partial charge in [0.25, 0.3) is 0 Å². The van der Waals surface area contributed by atoms with Crippen LogP contribution in [0.2, 0.25) is 0 Å². The molecule has 1 aromatic heterocycles. The zero-order valence-electron chi connectivity index (χ0n) is 9.63. The van der Waals surface area contributed by atoms with Crippen LogP contribution in [-0.2, 0) is 0 Å². The molecule has 0 amide bonds. The van der Waals surface area contributed by atoms with Gasteiger partial charge in [0, 0.05) is 24.9 Å². The Morgan fingerprint density at radius 2 is 2.06 bits per heavy atom. The van der Waals surface area contributed by atoms with E-state index in [1.54, 1.807) is 11.3 Å². The van der Waals surface area contributed by atoms with Crippen LogP contribution in [0, 0.1) is 6.92 Å². The van der Waals surface area contributed by atoms with E-state index in [4.69, 9.17) is 0 Å². The Morgan fingerprint density at radius 1 is 1.29 bits per heavy atom. The molecule has 1 nitrogen and oxygen atoms in total. The summed E-state index contributed by atoms with van der Waals surface area (Å²) in [5, 5.41) is 5.63. The van der Waals surface area contributed by atoms with Crippen LogP contribution < -0.4 is 5.32 Å². The minimum absolute atomic E-state index is 0.310. The number of halogens is 2. The van der Waals surface area contributed by atoms with Gasteiger partial charge >= 0.3 is 0 Å². The molecule has 0 radical (unpaired) electrons. The quantitative estimate of drug-likeness (QED) is 0.720. The Morgan fingerprint density at radius 3 is 2.71 bits per heavy atom. The molecule has 1 unspecified atom stereocenters. The fourth-order valence-electron chi connectivity index (χ4n) is 1.62. The molecule has 2 aromatic rings. The first-order chi connectivity index (χ1) is 8.08. The van der Waals surface area contributed by atoms with E-state index >= 15 is 0 Å². The maximum atomic E-state index is 3.62. The van der Waals surface area contributed by atoms with Crippen LogP contribution in [0.4, 0.5) is 5.69 Å². The number of hydrogen-bond acceptors (Lipinski definition) is 2. The summed E-state index contributed by atoms with van der Waals surface area (Å²) in [6, 6.07) is 8.73. The number of thiophene rings is 1. The third-order valence-corrected chi connectivity index (χ3v) is 5.51. The van der Waals surface area contributed by atoms with Gasteiger partial charge in [-0.3, -0.25) is 0 Å².